The largest absolute Gasteiger partial charge is 0.343 e. The summed E-state index contributed by atoms with van der Waals surface area (Å²) >= 11 is 0. The van der Waals surface area contributed by atoms with Gasteiger partial charge in [-0.25, -0.2) is 0 Å². The second-order valence-corrected chi connectivity index (χ2v) is 8.73. The van der Waals surface area contributed by atoms with Gasteiger partial charge >= 0.3 is 0 Å². The first-order valence-electron chi connectivity index (χ1n) is 11.1. The fraction of sp³-hybridized carbons (Fsp3) is 0.385. The summed E-state index contributed by atoms with van der Waals surface area (Å²) in [5.74, 6) is -0.00403. The molecule has 0 saturated heterocycles. The molecule has 1 amide bonds. The topological polar surface area (TPSA) is 41.4 Å². The first kappa shape index (κ1) is 21.3. The summed E-state index contributed by atoms with van der Waals surface area (Å²) in [6, 6.07) is 21.4. The van der Waals surface area contributed by atoms with E-state index in [0.29, 0.717) is 18.3 Å². The Bertz CT molecular complexity index is 1010. The molecule has 0 N–H and O–H groups in total. The fourth-order valence-electron chi connectivity index (χ4n) is 4.45. The van der Waals surface area contributed by atoms with Crippen LogP contribution < -0.4 is 0 Å². The van der Waals surface area contributed by atoms with Crippen molar-refractivity contribution in [3.63, 3.8) is 0 Å². The van der Waals surface area contributed by atoms with Crippen LogP contribution in [0.1, 0.15) is 39.3 Å². The van der Waals surface area contributed by atoms with E-state index in [4.69, 9.17) is 5.10 Å². The van der Waals surface area contributed by atoms with Gasteiger partial charge < -0.3 is 9.80 Å². The van der Waals surface area contributed by atoms with Crippen LogP contribution in [0.2, 0.25) is 0 Å². The van der Waals surface area contributed by atoms with Crippen LogP contribution in [-0.4, -0.2) is 59.2 Å². The van der Waals surface area contributed by atoms with Crippen LogP contribution in [0.5, 0.6) is 0 Å². The van der Waals surface area contributed by atoms with Crippen LogP contribution in [0.3, 0.4) is 0 Å². The van der Waals surface area contributed by atoms with Gasteiger partial charge in [0.2, 0.25) is 0 Å². The molecule has 5 heteroatoms. The lowest BCUT2D eigenvalue weighted by atomic mass is 9.90. The van der Waals surface area contributed by atoms with Gasteiger partial charge in [-0.3, -0.25) is 9.48 Å². The lowest BCUT2D eigenvalue weighted by molar-refractivity contribution is 0.0819. The van der Waals surface area contributed by atoms with Crippen LogP contribution in [0.15, 0.2) is 60.7 Å². The van der Waals surface area contributed by atoms with Crippen molar-refractivity contribution < 1.29 is 4.79 Å². The second kappa shape index (κ2) is 9.48. The van der Waals surface area contributed by atoms with E-state index in [0.717, 1.165) is 37.8 Å². The Kier molecular flexibility index (Phi) is 6.52. The third kappa shape index (κ3) is 4.88. The molecule has 1 aliphatic carbocycles. The molecule has 1 heterocycles. The molecule has 0 fully saturated rings. The maximum atomic E-state index is 12.9. The molecule has 3 aromatic rings. The van der Waals surface area contributed by atoms with Crippen molar-refractivity contribution in [2.24, 2.45) is 0 Å². The summed E-state index contributed by atoms with van der Waals surface area (Å²) in [4.78, 5) is 17.0. The Morgan fingerprint density at radius 2 is 1.65 bits per heavy atom. The number of nitrogens with zero attached hydrogens (tertiary/aromatic N) is 4. The highest BCUT2D eigenvalue weighted by Gasteiger charge is 2.31. The normalized spacial score (nSPS) is 15.7. The first-order valence-corrected chi connectivity index (χ1v) is 11.1. The SMILES string of the molecule is CN(C)C(=O)c1nn(Cc2ccccc2)c2c1CC(N(C)CCc1ccccc1)CC2. The molecule has 162 valence electrons. The van der Waals surface area contributed by atoms with E-state index in [1.54, 1.807) is 19.0 Å². The van der Waals surface area contributed by atoms with Crippen LogP contribution in [-0.2, 0) is 25.8 Å². The van der Waals surface area contributed by atoms with Crippen molar-refractivity contribution in [2.45, 2.75) is 38.3 Å². The van der Waals surface area contributed by atoms with Gasteiger partial charge in [-0.15, -0.1) is 0 Å². The van der Waals surface area contributed by atoms with Crippen LogP contribution >= 0.6 is 0 Å². The third-order valence-electron chi connectivity index (χ3n) is 6.32. The zero-order chi connectivity index (χ0) is 21.8. The molecule has 1 unspecified atom stereocenters. The molecular weight excluding hydrogens is 384 g/mol. The van der Waals surface area contributed by atoms with E-state index in [1.807, 2.05) is 6.07 Å². The smallest absolute Gasteiger partial charge is 0.274 e. The average molecular weight is 417 g/mol. The number of carbonyl (C=O) groups excluding carboxylic acids is 1. The highest BCUT2D eigenvalue weighted by molar-refractivity contribution is 5.93. The fourth-order valence-corrected chi connectivity index (χ4v) is 4.45. The molecular formula is C26H32N4O. The molecule has 0 saturated carbocycles. The number of likely N-dealkylation sites (N-methyl/N-ethyl adjacent to an activating group) is 1. The summed E-state index contributed by atoms with van der Waals surface area (Å²) < 4.78 is 2.06. The van der Waals surface area contributed by atoms with Crippen molar-refractivity contribution >= 4 is 5.91 Å². The summed E-state index contributed by atoms with van der Waals surface area (Å²) in [6.45, 7) is 1.72. The molecule has 4 rings (SSSR count). The number of amides is 1. The number of carbonyl (C=O) groups is 1. The molecule has 0 bridgehead atoms. The van der Waals surface area contributed by atoms with Gasteiger partial charge in [-0.2, -0.15) is 5.10 Å². The molecule has 2 aromatic carbocycles. The minimum Gasteiger partial charge on any atom is -0.343 e. The summed E-state index contributed by atoms with van der Waals surface area (Å²) in [7, 11) is 5.81. The van der Waals surface area contributed by atoms with Gasteiger partial charge in [0.15, 0.2) is 5.69 Å². The van der Waals surface area contributed by atoms with E-state index >= 15 is 0 Å². The van der Waals surface area contributed by atoms with E-state index in [-0.39, 0.29) is 5.91 Å². The lowest BCUT2D eigenvalue weighted by Gasteiger charge is -2.32. The summed E-state index contributed by atoms with van der Waals surface area (Å²) in [5, 5.41) is 4.80. The zero-order valence-electron chi connectivity index (χ0n) is 18.8. The standard InChI is InChI=1S/C26H32N4O/c1-28(2)26(31)25-23-18-22(29(3)17-16-20-10-6-4-7-11-20)14-15-24(23)30(27-25)19-21-12-8-5-9-13-21/h4-13,22H,14-19H2,1-3H3. The maximum Gasteiger partial charge on any atom is 0.274 e. The van der Waals surface area contributed by atoms with Crippen LogP contribution in [0.4, 0.5) is 0 Å². The van der Waals surface area contributed by atoms with E-state index in [9.17, 15) is 4.79 Å². The minimum absolute atomic E-state index is 0.00403. The van der Waals surface area contributed by atoms with Crippen molar-refractivity contribution in [1.82, 2.24) is 19.6 Å². The third-order valence-corrected chi connectivity index (χ3v) is 6.32. The predicted octanol–water partition coefficient (Wildman–Crippen LogP) is 3.67. The molecule has 31 heavy (non-hydrogen) atoms. The molecule has 1 atom stereocenters. The van der Waals surface area contributed by atoms with Crippen LogP contribution in [0, 0.1) is 0 Å². The van der Waals surface area contributed by atoms with Gasteiger partial charge in [-0.1, -0.05) is 60.7 Å². The Balaban J connectivity index is 1.54. The van der Waals surface area contributed by atoms with Crippen LogP contribution in [0.25, 0.3) is 0 Å². The summed E-state index contributed by atoms with van der Waals surface area (Å²) in [6.07, 6.45) is 3.96. The molecule has 1 aromatic heterocycles. The molecule has 0 aliphatic heterocycles. The van der Waals surface area contributed by atoms with Gasteiger partial charge in [0.05, 0.1) is 6.54 Å². The van der Waals surface area contributed by atoms with Gasteiger partial charge in [-0.05, 0) is 43.9 Å². The highest BCUT2D eigenvalue weighted by Crippen LogP contribution is 2.28. The van der Waals surface area contributed by atoms with Crippen molar-refractivity contribution in [1.29, 1.82) is 0 Å². The Labute approximate surface area is 185 Å². The summed E-state index contributed by atoms with van der Waals surface area (Å²) in [5.41, 5.74) is 5.56. The van der Waals surface area contributed by atoms with Crippen molar-refractivity contribution in [3.8, 4) is 0 Å². The number of hydrogen-bond acceptors (Lipinski definition) is 3. The zero-order valence-corrected chi connectivity index (χ0v) is 18.8. The molecule has 0 radical (unpaired) electrons. The van der Waals surface area contributed by atoms with Gasteiger partial charge in [0, 0.05) is 37.9 Å². The van der Waals surface area contributed by atoms with Gasteiger partial charge in [0.1, 0.15) is 0 Å². The second-order valence-electron chi connectivity index (χ2n) is 8.73. The molecule has 1 aliphatic rings. The Hall–Kier alpha value is -2.92. The minimum atomic E-state index is -0.00403. The number of hydrogen-bond donors (Lipinski definition) is 0. The van der Waals surface area contributed by atoms with E-state index in [1.165, 1.54) is 16.8 Å². The van der Waals surface area contributed by atoms with Crippen molar-refractivity contribution in [2.75, 3.05) is 27.7 Å². The maximum absolute atomic E-state index is 12.9. The number of rotatable bonds is 7. The Morgan fingerprint density at radius 3 is 2.29 bits per heavy atom. The molecule has 5 nitrogen and oxygen atoms in total. The lowest BCUT2D eigenvalue weighted by Crippen LogP contribution is -2.38. The quantitative estimate of drug-likeness (QED) is 0.590. The monoisotopic (exact) mass is 416 g/mol. The predicted molar refractivity (Wildman–Crippen MR) is 124 cm³/mol. The van der Waals surface area contributed by atoms with Crippen molar-refractivity contribution in [3.05, 3.63) is 88.7 Å². The molecule has 0 spiro atoms. The number of fused-ring (bicyclic) bond motifs is 1. The highest BCUT2D eigenvalue weighted by atomic mass is 16.2. The number of benzene rings is 2. The van der Waals surface area contributed by atoms with Gasteiger partial charge in [0.25, 0.3) is 5.91 Å². The van der Waals surface area contributed by atoms with E-state index < -0.39 is 0 Å². The Morgan fingerprint density at radius 1 is 1.00 bits per heavy atom. The number of aromatic nitrogens is 2. The van der Waals surface area contributed by atoms with E-state index in [2.05, 4.69) is 71.2 Å². The first-order chi connectivity index (χ1) is 15.0. The average Bonchev–Trinajstić information content (AvgIpc) is 3.15.